The number of aliphatic hydroxyl groups is 1. The highest BCUT2D eigenvalue weighted by atomic mass is 16.5. The first kappa shape index (κ1) is 12.0. The first-order chi connectivity index (χ1) is 7.10. The van der Waals surface area contributed by atoms with Gasteiger partial charge >= 0.3 is 0 Å². The van der Waals surface area contributed by atoms with Crippen LogP contribution in [0.2, 0.25) is 0 Å². The lowest BCUT2D eigenvalue weighted by Crippen LogP contribution is -2.26. The highest BCUT2D eigenvalue weighted by Crippen LogP contribution is 2.23. The van der Waals surface area contributed by atoms with Crippen LogP contribution in [0.3, 0.4) is 0 Å². The van der Waals surface area contributed by atoms with Gasteiger partial charge in [0, 0.05) is 0 Å². The lowest BCUT2D eigenvalue weighted by molar-refractivity contribution is 0.140. The van der Waals surface area contributed by atoms with Gasteiger partial charge in [0.1, 0.15) is 5.75 Å². The summed E-state index contributed by atoms with van der Waals surface area (Å²) in [7, 11) is 1.63. The topological polar surface area (TPSA) is 55.5 Å². The monoisotopic (exact) mass is 209 g/mol. The first-order valence-electron chi connectivity index (χ1n) is 5.18. The molecule has 1 aromatic rings. The van der Waals surface area contributed by atoms with E-state index in [1.54, 1.807) is 7.11 Å². The average Bonchev–Trinajstić information content (AvgIpc) is 2.26. The molecule has 2 atom stereocenters. The zero-order valence-electron chi connectivity index (χ0n) is 9.53. The van der Waals surface area contributed by atoms with Gasteiger partial charge in [0.15, 0.2) is 0 Å². The van der Waals surface area contributed by atoms with E-state index in [4.69, 9.17) is 10.5 Å². The molecule has 0 aliphatic heterocycles. The summed E-state index contributed by atoms with van der Waals surface area (Å²) in [5.41, 5.74) is 7.98. The maximum Gasteiger partial charge on any atom is 0.119 e. The minimum absolute atomic E-state index is 0.319. The summed E-state index contributed by atoms with van der Waals surface area (Å²) in [5, 5.41) is 9.67. The van der Waals surface area contributed by atoms with Crippen molar-refractivity contribution < 1.29 is 9.84 Å². The van der Waals surface area contributed by atoms with Crippen molar-refractivity contribution in [3.63, 3.8) is 0 Å². The van der Waals surface area contributed by atoms with E-state index in [0.29, 0.717) is 6.42 Å². The van der Waals surface area contributed by atoms with Crippen LogP contribution in [0.4, 0.5) is 0 Å². The molecule has 0 aliphatic rings. The number of aliphatic hydroxyl groups excluding tert-OH is 1. The summed E-state index contributed by atoms with van der Waals surface area (Å²) in [4.78, 5) is 0. The lowest BCUT2D eigenvalue weighted by Gasteiger charge is -2.20. The summed E-state index contributed by atoms with van der Waals surface area (Å²) >= 11 is 0. The predicted molar refractivity (Wildman–Crippen MR) is 61.0 cm³/mol. The Kier molecular flexibility index (Phi) is 4.12. The van der Waals surface area contributed by atoms with Crippen molar-refractivity contribution in [1.82, 2.24) is 0 Å². The molecule has 0 saturated heterocycles. The zero-order chi connectivity index (χ0) is 11.4. The third-order valence-corrected chi connectivity index (χ3v) is 2.67. The minimum atomic E-state index is -0.489. The molecule has 0 aliphatic carbocycles. The molecule has 84 valence electrons. The second kappa shape index (κ2) is 5.14. The van der Waals surface area contributed by atoms with Gasteiger partial charge in [0.25, 0.3) is 0 Å². The molecule has 0 aromatic heterocycles. The van der Waals surface area contributed by atoms with E-state index in [0.717, 1.165) is 16.9 Å². The number of hydrogen-bond donors (Lipinski definition) is 2. The summed E-state index contributed by atoms with van der Waals surface area (Å²) in [5.74, 6) is 0.814. The molecule has 1 aromatic carbocycles. The molecule has 0 fully saturated rings. The summed E-state index contributed by atoms with van der Waals surface area (Å²) in [6.07, 6.45) is 0.171. The van der Waals surface area contributed by atoms with Gasteiger partial charge in [0.2, 0.25) is 0 Å². The Labute approximate surface area is 90.9 Å². The number of hydrogen-bond acceptors (Lipinski definition) is 3. The van der Waals surface area contributed by atoms with Crippen LogP contribution in [-0.2, 0) is 0 Å². The van der Waals surface area contributed by atoms with Crippen molar-refractivity contribution in [2.45, 2.75) is 32.4 Å². The van der Waals surface area contributed by atoms with E-state index >= 15 is 0 Å². The molecule has 1 rings (SSSR count). The molecule has 3 N–H and O–H groups in total. The molecular weight excluding hydrogens is 190 g/mol. The molecule has 3 nitrogen and oxygen atoms in total. The minimum Gasteiger partial charge on any atom is -0.497 e. The van der Waals surface area contributed by atoms with Gasteiger partial charge in [0.05, 0.1) is 19.3 Å². The maximum absolute atomic E-state index is 9.67. The van der Waals surface area contributed by atoms with Gasteiger partial charge in [-0.25, -0.2) is 0 Å². The molecule has 0 spiro atoms. The van der Waals surface area contributed by atoms with Gasteiger partial charge in [-0.2, -0.15) is 0 Å². The Hall–Kier alpha value is -1.06. The quantitative estimate of drug-likeness (QED) is 0.794. The van der Waals surface area contributed by atoms with E-state index < -0.39 is 6.10 Å². The standard InChI is InChI=1S/C12H19NO2/c1-4-11(14)12(13)10-6-5-9(15-3)7-8(10)2/h5-7,11-12,14H,4,13H2,1-3H3/t11-,12+/m0/s1. The maximum atomic E-state index is 9.67. The van der Waals surface area contributed by atoms with Crippen molar-refractivity contribution in [2.24, 2.45) is 5.73 Å². The molecule has 0 saturated carbocycles. The van der Waals surface area contributed by atoms with Gasteiger partial charge in [-0.3, -0.25) is 0 Å². The Morgan fingerprint density at radius 2 is 2.13 bits per heavy atom. The van der Waals surface area contributed by atoms with Crippen LogP contribution in [-0.4, -0.2) is 18.3 Å². The highest BCUT2D eigenvalue weighted by molar-refractivity contribution is 5.36. The Balaban J connectivity index is 2.95. The van der Waals surface area contributed by atoms with Crippen molar-refractivity contribution in [3.8, 4) is 5.75 Å². The van der Waals surface area contributed by atoms with Crippen molar-refractivity contribution in [2.75, 3.05) is 7.11 Å². The van der Waals surface area contributed by atoms with Crippen molar-refractivity contribution >= 4 is 0 Å². The molecular formula is C12H19NO2. The molecule has 0 radical (unpaired) electrons. The SMILES string of the molecule is CC[C@H](O)[C@H](N)c1ccc(OC)cc1C. The summed E-state index contributed by atoms with van der Waals surface area (Å²) in [6.45, 7) is 3.89. The molecule has 0 amide bonds. The fourth-order valence-electron chi connectivity index (χ4n) is 1.61. The summed E-state index contributed by atoms with van der Waals surface area (Å²) < 4.78 is 5.11. The predicted octanol–water partition coefficient (Wildman–Crippen LogP) is 1.77. The number of ether oxygens (including phenoxy) is 1. The lowest BCUT2D eigenvalue weighted by atomic mass is 9.96. The number of benzene rings is 1. The van der Waals surface area contributed by atoms with Crippen LogP contribution in [0, 0.1) is 6.92 Å². The van der Waals surface area contributed by atoms with Crippen LogP contribution in [0.5, 0.6) is 5.75 Å². The van der Waals surface area contributed by atoms with Gasteiger partial charge in [-0.1, -0.05) is 13.0 Å². The van der Waals surface area contributed by atoms with Crippen LogP contribution < -0.4 is 10.5 Å². The van der Waals surface area contributed by atoms with E-state index in [1.807, 2.05) is 32.0 Å². The zero-order valence-corrected chi connectivity index (χ0v) is 9.53. The van der Waals surface area contributed by atoms with E-state index in [9.17, 15) is 5.11 Å². The van der Waals surface area contributed by atoms with E-state index in [-0.39, 0.29) is 6.04 Å². The van der Waals surface area contributed by atoms with Crippen LogP contribution in [0.1, 0.15) is 30.5 Å². The molecule has 15 heavy (non-hydrogen) atoms. The second-order valence-electron chi connectivity index (χ2n) is 3.72. The normalized spacial score (nSPS) is 14.7. The number of aryl methyl sites for hydroxylation is 1. The highest BCUT2D eigenvalue weighted by Gasteiger charge is 2.16. The fraction of sp³-hybridized carbons (Fsp3) is 0.500. The van der Waals surface area contributed by atoms with E-state index in [1.165, 1.54) is 0 Å². The second-order valence-corrected chi connectivity index (χ2v) is 3.72. The van der Waals surface area contributed by atoms with Crippen LogP contribution >= 0.6 is 0 Å². The molecule has 3 heteroatoms. The van der Waals surface area contributed by atoms with Gasteiger partial charge in [-0.05, 0) is 36.6 Å². The number of rotatable bonds is 4. The van der Waals surface area contributed by atoms with Crippen molar-refractivity contribution in [3.05, 3.63) is 29.3 Å². The fourth-order valence-corrected chi connectivity index (χ4v) is 1.61. The van der Waals surface area contributed by atoms with E-state index in [2.05, 4.69) is 0 Å². The van der Waals surface area contributed by atoms with Crippen LogP contribution in [0.25, 0.3) is 0 Å². The largest absolute Gasteiger partial charge is 0.497 e. The van der Waals surface area contributed by atoms with Crippen molar-refractivity contribution in [1.29, 1.82) is 0 Å². The van der Waals surface area contributed by atoms with Gasteiger partial charge in [-0.15, -0.1) is 0 Å². The number of nitrogens with two attached hydrogens (primary N) is 1. The summed E-state index contributed by atoms with van der Waals surface area (Å²) in [6, 6.07) is 5.39. The first-order valence-corrected chi connectivity index (χ1v) is 5.18. The molecule has 0 bridgehead atoms. The molecule has 0 unspecified atom stereocenters. The third kappa shape index (κ3) is 2.70. The Bertz CT molecular complexity index is 325. The van der Waals surface area contributed by atoms with Crippen LogP contribution in [0.15, 0.2) is 18.2 Å². The number of methoxy groups -OCH3 is 1. The Morgan fingerprint density at radius 3 is 2.60 bits per heavy atom. The smallest absolute Gasteiger partial charge is 0.119 e. The molecule has 0 heterocycles. The van der Waals surface area contributed by atoms with Gasteiger partial charge < -0.3 is 15.6 Å². The third-order valence-electron chi connectivity index (χ3n) is 2.67. The Morgan fingerprint density at radius 1 is 1.47 bits per heavy atom. The average molecular weight is 209 g/mol.